The van der Waals surface area contributed by atoms with E-state index in [0.29, 0.717) is 11.3 Å². The highest BCUT2D eigenvalue weighted by Gasteiger charge is 2.10. The van der Waals surface area contributed by atoms with Gasteiger partial charge in [-0.05, 0) is 40.3 Å². The predicted octanol–water partition coefficient (Wildman–Crippen LogP) is 1.76. The number of nitrogens with one attached hydrogen (secondary N) is 1. The minimum absolute atomic E-state index is 0.0522. The van der Waals surface area contributed by atoms with E-state index < -0.39 is 5.82 Å². The molecule has 3 N–H and O–H groups in total. The summed E-state index contributed by atoms with van der Waals surface area (Å²) in [6, 6.07) is 2.83. The third-order valence-corrected chi connectivity index (χ3v) is 2.49. The van der Waals surface area contributed by atoms with Crippen molar-refractivity contribution in [3.63, 3.8) is 0 Å². The Morgan fingerprint density at radius 3 is 2.94 bits per heavy atom. The van der Waals surface area contributed by atoms with Crippen LogP contribution >= 0.6 is 28.1 Å². The van der Waals surface area contributed by atoms with E-state index in [2.05, 4.69) is 38.7 Å². The lowest BCUT2D eigenvalue weighted by Crippen LogP contribution is -2.24. The average Bonchev–Trinajstić information content (AvgIpc) is 2.23. The molecule has 0 amide bonds. The molecule has 0 spiro atoms. The highest BCUT2D eigenvalue weighted by atomic mass is 79.9. The number of benzene rings is 1. The van der Waals surface area contributed by atoms with Crippen molar-refractivity contribution in [3.05, 3.63) is 28.0 Å². The van der Waals surface area contributed by atoms with Crippen LogP contribution in [0.1, 0.15) is 5.56 Å². The first kappa shape index (κ1) is 12.9. The molecule has 86 valence electrons. The lowest BCUT2D eigenvalue weighted by Gasteiger charge is -2.07. The van der Waals surface area contributed by atoms with Crippen LogP contribution in [-0.2, 0) is 0 Å². The summed E-state index contributed by atoms with van der Waals surface area (Å²) in [5.41, 5.74) is 8.18. The molecule has 0 aliphatic heterocycles. The summed E-state index contributed by atoms with van der Waals surface area (Å²) in [6.45, 7) is 0. The van der Waals surface area contributed by atoms with Crippen LogP contribution in [0, 0.1) is 5.82 Å². The molecule has 0 saturated carbocycles. The fourth-order valence-electron chi connectivity index (χ4n) is 1.02. The van der Waals surface area contributed by atoms with E-state index in [1.807, 2.05) is 0 Å². The Labute approximate surface area is 106 Å². The van der Waals surface area contributed by atoms with E-state index in [0.717, 1.165) is 0 Å². The maximum atomic E-state index is 13.2. The van der Waals surface area contributed by atoms with Crippen molar-refractivity contribution >= 4 is 39.5 Å². The number of thiocarbonyl (C=S) groups is 1. The van der Waals surface area contributed by atoms with Crippen molar-refractivity contribution in [3.8, 4) is 5.75 Å². The molecule has 0 atom stereocenters. The second-order valence-corrected chi connectivity index (χ2v) is 3.95. The zero-order chi connectivity index (χ0) is 12.1. The molecule has 1 rings (SSSR count). The van der Waals surface area contributed by atoms with E-state index in [4.69, 9.17) is 10.5 Å². The van der Waals surface area contributed by atoms with Gasteiger partial charge in [-0.25, -0.2) is 4.39 Å². The van der Waals surface area contributed by atoms with Gasteiger partial charge in [0.25, 0.3) is 0 Å². The van der Waals surface area contributed by atoms with Gasteiger partial charge in [-0.1, -0.05) is 0 Å². The number of hydrogen-bond donors (Lipinski definition) is 2. The van der Waals surface area contributed by atoms with Crippen LogP contribution in [0.25, 0.3) is 0 Å². The van der Waals surface area contributed by atoms with Gasteiger partial charge in [-0.2, -0.15) is 5.10 Å². The van der Waals surface area contributed by atoms with E-state index in [-0.39, 0.29) is 9.59 Å². The SMILES string of the molecule is COc1c(C=NNC(N)=S)ccc(F)c1Br. The normalized spacial score (nSPS) is 10.4. The number of nitrogens with zero attached hydrogens (tertiary/aromatic N) is 1. The molecule has 0 unspecified atom stereocenters. The zero-order valence-corrected chi connectivity index (χ0v) is 10.7. The van der Waals surface area contributed by atoms with Gasteiger partial charge < -0.3 is 10.5 Å². The molecule has 7 heteroatoms. The molecular formula is C9H9BrFN3OS. The van der Waals surface area contributed by atoms with Gasteiger partial charge in [0.05, 0.1) is 17.8 Å². The minimum atomic E-state index is -0.406. The second-order valence-electron chi connectivity index (χ2n) is 2.72. The summed E-state index contributed by atoms with van der Waals surface area (Å²) in [6.07, 6.45) is 1.43. The maximum absolute atomic E-state index is 13.2. The first-order chi connectivity index (χ1) is 7.56. The Morgan fingerprint density at radius 2 is 2.38 bits per heavy atom. The number of hydrogen-bond acceptors (Lipinski definition) is 3. The number of rotatable bonds is 3. The van der Waals surface area contributed by atoms with E-state index in [9.17, 15) is 4.39 Å². The van der Waals surface area contributed by atoms with Crippen molar-refractivity contribution in [1.29, 1.82) is 0 Å². The topological polar surface area (TPSA) is 59.6 Å². The molecular weight excluding hydrogens is 297 g/mol. The van der Waals surface area contributed by atoms with Gasteiger partial charge in [-0.15, -0.1) is 0 Å². The number of ether oxygens (including phenoxy) is 1. The first-order valence-corrected chi connectivity index (χ1v) is 5.37. The lowest BCUT2D eigenvalue weighted by atomic mass is 10.2. The fraction of sp³-hybridized carbons (Fsp3) is 0.111. The van der Waals surface area contributed by atoms with E-state index in [1.54, 1.807) is 0 Å². The summed E-state index contributed by atoms with van der Waals surface area (Å²) in [7, 11) is 1.44. The van der Waals surface area contributed by atoms with Crippen molar-refractivity contribution in [2.45, 2.75) is 0 Å². The smallest absolute Gasteiger partial charge is 0.184 e. The molecule has 0 radical (unpaired) electrons. The van der Waals surface area contributed by atoms with Crippen LogP contribution in [0.15, 0.2) is 21.7 Å². The quantitative estimate of drug-likeness (QED) is 0.507. The molecule has 4 nitrogen and oxygen atoms in total. The van der Waals surface area contributed by atoms with Crippen molar-refractivity contribution in [1.82, 2.24) is 5.43 Å². The second kappa shape index (κ2) is 5.76. The Kier molecular flexibility index (Phi) is 4.63. The molecule has 0 bridgehead atoms. The van der Waals surface area contributed by atoms with Gasteiger partial charge >= 0.3 is 0 Å². The van der Waals surface area contributed by atoms with Gasteiger partial charge in [0.15, 0.2) is 5.11 Å². The number of methoxy groups -OCH3 is 1. The molecule has 1 aromatic carbocycles. The molecule has 0 saturated heterocycles. The summed E-state index contributed by atoms with van der Waals surface area (Å²) in [5, 5.41) is 3.81. The Bertz CT molecular complexity index is 439. The van der Waals surface area contributed by atoms with Crippen LogP contribution in [0.3, 0.4) is 0 Å². The summed E-state index contributed by atoms with van der Waals surface area (Å²) in [5.74, 6) is -0.0511. The van der Waals surface area contributed by atoms with Gasteiger partial charge in [0.2, 0.25) is 0 Å². The summed E-state index contributed by atoms with van der Waals surface area (Å²) in [4.78, 5) is 0. The third-order valence-electron chi connectivity index (χ3n) is 1.66. The van der Waals surface area contributed by atoms with Crippen LogP contribution in [0.5, 0.6) is 5.75 Å². The van der Waals surface area contributed by atoms with Crippen molar-refractivity contribution in [2.24, 2.45) is 10.8 Å². The number of halogens is 2. The third kappa shape index (κ3) is 3.14. The Hall–Kier alpha value is -1.21. The molecule has 0 aliphatic rings. The van der Waals surface area contributed by atoms with Gasteiger partial charge in [0.1, 0.15) is 11.6 Å². The van der Waals surface area contributed by atoms with Gasteiger partial charge in [0, 0.05) is 5.56 Å². The number of nitrogens with two attached hydrogens (primary N) is 1. The minimum Gasteiger partial charge on any atom is -0.495 e. The van der Waals surface area contributed by atoms with E-state index in [1.165, 1.54) is 25.5 Å². The lowest BCUT2D eigenvalue weighted by molar-refractivity contribution is 0.407. The predicted molar refractivity (Wildman–Crippen MR) is 68.2 cm³/mol. The molecule has 0 fully saturated rings. The summed E-state index contributed by atoms with van der Waals surface area (Å²) >= 11 is 7.65. The summed E-state index contributed by atoms with van der Waals surface area (Å²) < 4.78 is 18.5. The standard InChI is InChI=1S/C9H9BrFN3OS/c1-15-8-5(4-13-14-9(12)16)2-3-6(11)7(8)10/h2-4H,1H3,(H3,12,14,16). The molecule has 0 heterocycles. The van der Waals surface area contributed by atoms with Crippen LogP contribution in [-0.4, -0.2) is 18.4 Å². The van der Waals surface area contributed by atoms with Crippen LogP contribution in [0.2, 0.25) is 0 Å². The largest absolute Gasteiger partial charge is 0.495 e. The molecule has 1 aromatic rings. The first-order valence-electron chi connectivity index (χ1n) is 4.16. The van der Waals surface area contributed by atoms with Crippen molar-refractivity contribution < 1.29 is 9.13 Å². The Balaban J connectivity index is 3.00. The highest BCUT2D eigenvalue weighted by Crippen LogP contribution is 2.30. The molecule has 0 aromatic heterocycles. The zero-order valence-electron chi connectivity index (χ0n) is 8.33. The van der Waals surface area contributed by atoms with Gasteiger partial charge in [-0.3, -0.25) is 5.43 Å². The van der Waals surface area contributed by atoms with Crippen LogP contribution in [0.4, 0.5) is 4.39 Å². The molecule has 16 heavy (non-hydrogen) atoms. The molecule has 0 aliphatic carbocycles. The number of hydrazone groups is 1. The van der Waals surface area contributed by atoms with E-state index >= 15 is 0 Å². The Morgan fingerprint density at radius 1 is 1.69 bits per heavy atom. The highest BCUT2D eigenvalue weighted by molar-refractivity contribution is 9.10. The fourth-order valence-corrected chi connectivity index (χ4v) is 1.60. The average molecular weight is 306 g/mol. The monoisotopic (exact) mass is 305 g/mol. The van der Waals surface area contributed by atoms with Crippen molar-refractivity contribution in [2.75, 3.05) is 7.11 Å². The maximum Gasteiger partial charge on any atom is 0.184 e. The van der Waals surface area contributed by atoms with Crippen LogP contribution < -0.4 is 15.9 Å².